The van der Waals surface area contributed by atoms with Gasteiger partial charge >= 0.3 is 0 Å². The number of benzene rings is 2. The van der Waals surface area contributed by atoms with E-state index < -0.39 is 10.0 Å². The Morgan fingerprint density at radius 1 is 0.867 bits per heavy atom. The summed E-state index contributed by atoms with van der Waals surface area (Å²) in [7, 11) is -3.48. The largest absolute Gasteiger partial charge is 0.369 e. The molecule has 1 aliphatic carbocycles. The van der Waals surface area contributed by atoms with Crippen molar-refractivity contribution in [2.75, 3.05) is 31.1 Å². The van der Waals surface area contributed by atoms with Crippen LogP contribution in [0.5, 0.6) is 0 Å². The number of aryl methyl sites for hydroxylation is 1. The Bertz CT molecular complexity index is 954. The number of anilines is 1. The summed E-state index contributed by atoms with van der Waals surface area (Å²) in [5.41, 5.74) is 4.02. The van der Waals surface area contributed by atoms with Crippen LogP contribution in [0.3, 0.4) is 0 Å². The third kappa shape index (κ3) is 4.56. The van der Waals surface area contributed by atoms with Crippen LogP contribution in [0, 0.1) is 13.8 Å². The summed E-state index contributed by atoms with van der Waals surface area (Å²) in [6.45, 7) is 8.29. The zero-order valence-electron chi connectivity index (χ0n) is 18.0. The number of hydrogen-bond acceptors (Lipinski definition) is 4. The van der Waals surface area contributed by atoms with Gasteiger partial charge in [0.1, 0.15) is 0 Å². The molecule has 4 rings (SSSR count). The Labute approximate surface area is 181 Å². The molecule has 162 valence electrons. The number of nitrogens with one attached hydrogen (secondary N) is 1. The van der Waals surface area contributed by atoms with Crippen molar-refractivity contribution in [3.8, 4) is 0 Å². The molecular weight excluding hydrogens is 394 g/mol. The van der Waals surface area contributed by atoms with E-state index in [-0.39, 0.29) is 12.1 Å². The second-order valence-corrected chi connectivity index (χ2v) is 10.3. The van der Waals surface area contributed by atoms with Crippen molar-refractivity contribution in [1.29, 1.82) is 0 Å². The minimum Gasteiger partial charge on any atom is -0.369 e. The molecule has 0 unspecified atom stereocenters. The van der Waals surface area contributed by atoms with Crippen molar-refractivity contribution < 1.29 is 8.42 Å². The normalized spacial score (nSPS) is 23.5. The van der Waals surface area contributed by atoms with E-state index in [2.05, 4.69) is 46.6 Å². The lowest BCUT2D eigenvalue weighted by Gasteiger charge is -2.45. The Morgan fingerprint density at radius 3 is 2.30 bits per heavy atom. The lowest BCUT2D eigenvalue weighted by atomic mass is 9.89. The molecule has 6 heteroatoms. The maximum absolute atomic E-state index is 12.9. The predicted molar refractivity (Wildman–Crippen MR) is 123 cm³/mol. The fourth-order valence-corrected chi connectivity index (χ4v) is 6.25. The summed E-state index contributed by atoms with van der Waals surface area (Å²) in [5.74, 6) is 0. The molecule has 0 bridgehead atoms. The summed E-state index contributed by atoms with van der Waals surface area (Å²) < 4.78 is 28.8. The second kappa shape index (κ2) is 9.08. The van der Waals surface area contributed by atoms with Gasteiger partial charge < -0.3 is 4.90 Å². The van der Waals surface area contributed by atoms with E-state index in [1.807, 2.05) is 6.07 Å². The van der Waals surface area contributed by atoms with Gasteiger partial charge in [0.15, 0.2) is 0 Å². The maximum atomic E-state index is 12.9. The Kier molecular flexibility index (Phi) is 6.46. The number of piperazine rings is 1. The van der Waals surface area contributed by atoms with Crippen molar-refractivity contribution in [2.45, 2.75) is 56.5 Å². The van der Waals surface area contributed by atoms with Gasteiger partial charge in [-0.3, -0.25) is 4.90 Å². The molecule has 0 aromatic heterocycles. The lowest BCUT2D eigenvalue weighted by molar-refractivity contribution is 0.124. The molecule has 0 amide bonds. The number of nitrogens with zero attached hydrogens (tertiary/aromatic N) is 2. The highest BCUT2D eigenvalue weighted by Crippen LogP contribution is 2.28. The van der Waals surface area contributed by atoms with Crippen molar-refractivity contribution in [2.24, 2.45) is 0 Å². The average Bonchev–Trinajstić information content (AvgIpc) is 2.77. The van der Waals surface area contributed by atoms with Crippen LogP contribution in [-0.2, 0) is 10.0 Å². The van der Waals surface area contributed by atoms with Crippen LogP contribution in [-0.4, -0.2) is 51.6 Å². The monoisotopic (exact) mass is 427 g/mol. The summed E-state index contributed by atoms with van der Waals surface area (Å²) in [6, 6.07) is 15.5. The topological polar surface area (TPSA) is 52.6 Å². The summed E-state index contributed by atoms with van der Waals surface area (Å²) in [6.07, 6.45) is 4.23. The van der Waals surface area contributed by atoms with Crippen LogP contribution < -0.4 is 9.62 Å². The van der Waals surface area contributed by atoms with Crippen molar-refractivity contribution in [3.05, 3.63) is 59.7 Å². The second-order valence-electron chi connectivity index (χ2n) is 8.63. The van der Waals surface area contributed by atoms with Gasteiger partial charge in [-0.05, 0) is 56.0 Å². The SMILES string of the molecule is Cc1cccc(N2CCN([C@H]3CCCC[C@@H]3NS(=O)(=O)c3ccccc3)CC2)c1C. The van der Waals surface area contributed by atoms with E-state index in [0.717, 1.165) is 45.4 Å². The van der Waals surface area contributed by atoms with Crippen molar-refractivity contribution in [3.63, 3.8) is 0 Å². The number of hydrogen-bond donors (Lipinski definition) is 1. The van der Waals surface area contributed by atoms with E-state index in [0.29, 0.717) is 4.90 Å². The first kappa shape index (κ1) is 21.3. The fraction of sp³-hybridized carbons (Fsp3) is 0.500. The van der Waals surface area contributed by atoms with Crippen LogP contribution in [0.4, 0.5) is 5.69 Å². The first-order valence-electron chi connectivity index (χ1n) is 11.1. The number of sulfonamides is 1. The van der Waals surface area contributed by atoms with Crippen LogP contribution in [0.15, 0.2) is 53.4 Å². The summed E-state index contributed by atoms with van der Waals surface area (Å²) in [4.78, 5) is 5.35. The van der Waals surface area contributed by atoms with E-state index in [9.17, 15) is 8.42 Å². The lowest BCUT2D eigenvalue weighted by Crippen LogP contribution is -2.58. The Morgan fingerprint density at radius 2 is 1.57 bits per heavy atom. The van der Waals surface area contributed by atoms with Crippen molar-refractivity contribution >= 4 is 15.7 Å². The third-order valence-corrected chi connectivity index (χ3v) is 8.30. The molecule has 2 aromatic carbocycles. The highest BCUT2D eigenvalue weighted by molar-refractivity contribution is 7.89. The van der Waals surface area contributed by atoms with E-state index in [1.54, 1.807) is 24.3 Å². The predicted octanol–water partition coefficient (Wildman–Crippen LogP) is 3.72. The van der Waals surface area contributed by atoms with Gasteiger partial charge in [0, 0.05) is 44.0 Å². The summed E-state index contributed by atoms with van der Waals surface area (Å²) >= 11 is 0. The van der Waals surface area contributed by atoms with Gasteiger partial charge in [-0.15, -0.1) is 0 Å². The zero-order valence-corrected chi connectivity index (χ0v) is 18.9. The van der Waals surface area contributed by atoms with Crippen LogP contribution >= 0.6 is 0 Å². The third-order valence-electron chi connectivity index (χ3n) is 6.79. The average molecular weight is 428 g/mol. The number of rotatable bonds is 5. The molecule has 2 atom stereocenters. The molecule has 0 spiro atoms. The summed E-state index contributed by atoms with van der Waals surface area (Å²) in [5, 5.41) is 0. The first-order valence-corrected chi connectivity index (χ1v) is 12.6. The quantitative estimate of drug-likeness (QED) is 0.790. The molecule has 1 aliphatic heterocycles. The molecule has 0 radical (unpaired) electrons. The van der Waals surface area contributed by atoms with Gasteiger partial charge in [-0.25, -0.2) is 13.1 Å². The Balaban J connectivity index is 1.43. The minimum atomic E-state index is -3.48. The molecule has 1 saturated carbocycles. The maximum Gasteiger partial charge on any atom is 0.240 e. The van der Waals surface area contributed by atoms with Gasteiger partial charge in [-0.2, -0.15) is 0 Å². The van der Waals surface area contributed by atoms with E-state index in [1.165, 1.54) is 23.2 Å². The molecule has 5 nitrogen and oxygen atoms in total. The molecule has 1 saturated heterocycles. The van der Waals surface area contributed by atoms with Crippen LogP contribution in [0.1, 0.15) is 36.8 Å². The highest BCUT2D eigenvalue weighted by atomic mass is 32.2. The Hall–Kier alpha value is -1.89. The van der Waals surface area contributed by atoms with Crippen LogP contribution in [0.2, 0.25) is 0 Å². The molecule has 30 heavy (non-hydrogen) atoms. The fourth-order valence-electron chi connectivity index (χ4n) is 4.93. The van der Waals surface area contributed by atoms with Crippen molar-refractivity contribution in [1.82, 2.24) is 9.62 Å². The molecule has 1 heterocycles. The standard InChI is InChI=1S/C24H33N3O2S/c1-19-9-8-14-23(20(19)2)26-15-17-27(18-16-26)24-13-7-6-12-22(24)25-30(28,29)21-10-4-3-5-11-21/h3-5,8-11,14,22,24-25H,6-7,12-13,15-18H2,1-2H3/t22-,24-/m0/s1. The molecule has 1 N–H and O–H groups in total. The highest BCUT2D eigenvalue weighted by Gasteiger charge is 2.34. The van der Waals surface area contributed by atoms with Crippen LogP contribution in [0.25, 0.3) is 0 Å². The first-order chi connectivity index (χ1) is 14.5. The molecule has 2 aromatic rings. The molecule has 2 aliphatic rings. The van der Waals surface area contributed by atoms with Gasteiger partial charge in [0.05, 0.1) is 4.90 Å². The van der Waals surface area contributed by atoms with E-state index in [4.69, 9.17) is 0 Å². The molecular formula is C24H33N3O2S. The molecule has 2 fully saturated rings. The zero-order chi connectivity index (χ0) is 21.1. The van der Waals surface area contributed by atoms with E-state index >= 15 is 0 Å². The van der Waals surface area contributed by atoms with Gasteiger partial charge in [0.25, 0.3) is 0 Å². The minimum absolute atomic E-state index is 0.0174. The smallest absolute Gasteiger partial charge is 0.240 e. The van der Waals surface area contributed by atoms with Gasteiger partial charge in [-0.1, -0.05) is 43.2 Å². The van der Waals surface area contributed by atoms with Gasteiger partial charge in [0.2, 0.25) is 10.0 Å².